The zero-order valence-corrected chi connectivity index (χ0v) is 8.18. The summed E-state index contributed by atoms with van der Waals surface area (Å²) in [6.07, 6.45) is 0.910. The van der Waals surface area contributed by atoms with Crippen LogP contribution in [-0.2, 0) is 6.42 Å². The van der Waals surface area contributed by atoms with E-state index in [2.05, 4.69) is 5.32 Å². The maximum absolute atomic E-state index is 13.3. The monoisotopic (exact) mass is 195 g/mol. The summed E-state index contributed by atoms with van der Waals surface area (Å²) in [5.74, 6) is -0.189. The molecule has 2 N–H and O–H groups in total. The molecule has 2 nitrogen and oxygen atoms in total. The van der Waals surface area contributed by atoms with Crippen molar-refractivity contribution in [3.05, 3.63) is 34.6 Å². The highest BCUT2D eigenvalue weighted by Crippen LogP contribution is 2.25. The Bertz CT molecular complexity index is 351. The molecule has 1 aliphatic rings. The first-order valence-corrected chi connectivity index (χ1v) is 4.85. The summed E-state index contributed by atoms with van der Waals surface area (Å²) in [5, 5.41) is 12.3. The lowest BCUT2D eigenvalue weighted by atomic mass is 9.93. The molecule has 0 amide bonds. The van der Waals surface area contributed by atoms with Gasteiger partial charge in [0.2, 0.25) is 0 Å². The molecule has 0 fully saturated rings. The second-order valence-electron chi connectivity index (χ2n) is 3.74. The van der Waals surface area contributed by atoms with Crippen molar-refractivity contribution in [2.75, 3.05) is 13.2 Å². The largest absolute Gasteiger partial charge is 0.394 e. The number of nitrogens with one attached hydrogen (secondary N) is 1. The summed E-state index contributed by atoms with van der Waals surface area (Å²) >= 11 is 0. The van der Waals surface area contributed by atoms with Gasteiger partial charge < -0.3 is 10.4 Å². The first-order valence-electron chi connectivity index (χ1n) is 4.85. The molecule has 14 heavy (non-hydrogen) atoms. The van der Waals surface area contributed by atoms with E-state index in [0.717, 1.165) is 24.1 Å². The van der Waals surface area contributed by atoms with Gasteiger partial charge in [0.15, 0.2) is 0 Å². The fourth-order valence-corrected chi connectivity index (χ4v) is 1.95. The molecule has 0 bridgehead atoms. The van der Waals surface area contributed by atoms with E-state index in [0.29, 0.717) is 5.56 Å². The zero-order chi connectivity index (χ0) is 10.1. The maximum Gasteiger partial charge on any atom is 0.126 e. The zero-order valence-electron chi connectivity index (χ0n) is 8.18. The number of aliphatic hydroxyl groups is 1. The van der Waals surface area contributed by atoms with Gasteiger partial charge in [0.1, 0.15) is 5.82 Å². The van der Waals surface area contributed by atoms with E-state index >= 15 is 0 Å². The van der Waals surface area contributed by atoms with Crippen LogP contribution in [-0.4, -0.2) is 18.3 Å². The van der Waals surface area contributed by atoms with E-state index in [1.165, 1.54) is 6.07 Å². The Morgan fingerprint density at radius 3 is 3.07 bits per heavy atom. The van der Waals surface area contributed by atoms with E-state index in [1.54, 1.807) is 6.92 Å². The fraction of sp³-hybridized carbons (Fsp3) is 0.455. The topological polar surface area (TPSA) is 32.3 Å². The third-order valence-corrected chi connectivity index (χ3v) is 2.76. The lowest BCUT2D eigenvalue weighted by Gasteiger charge is -2.25. The minimum absolute atomic E-state index is 0.0233. The van der Waals surface area contributed by atoms with Crippen LogP contribution in [0.4, 0.5) is 4.39 Å². The number of rotatable bonds is 1. The molecule has 0 spiro atoms. The van der Waals surface area contributed by atoms with Crippen molar-refractivity contribution in [2.45, 2.75) is 19.4 Å². The molecule has 1 atom stereocenters. The van der Waals surface area contributed by atoms with Crippen LogP contribution in [0.2, 0.25) is 0 Å². The Hall–Kier alpha value is -0.930. The van der Waals surface area contributed by atoms with Crippen molar-refractivity contribution in [1.82, 2.24) is 5.32 Å². The molecule has 3 heteroatoms. The second-order valence-corrected chi connectivity index (χ2v) is 3.74. The third kappa shape index (κ3) is 1.53. The van der Waals surface area contributed by atoms with Crippen molar-refractivity contribution >= 4 is 0 Å². The summed E-state index contributed by atoms with van der Waals surface area (Å²) in [6, 6.07) is 3.32. The number of aliphatic hydroxyl groups excluding tert-OH is 1. The molecule has 1 aliphatic heterocycles. The average molecular weight is 195 g/mol. The van der Waals surface area contributed by atoms with Gasteiger partial charge in [0, 0.05) is 0 Å². The van der Waals surface area contributed by atoms with Gasteiger partial charge >= 0.3 is 0 Å². The van der Waals surface area contributed by atoms with Crippen molar-refractivity contribution in [2.24, 2.45) is 0 Å². The summed E-state index contributed by atoms with van der Waals surface area (Å²) in [7, 11) is 0. The minimum Gasteiger partial charge on any atom is -0.394 e. The van der Waals surface area contributed by atoms with Crippen molar-refractivity contribution in [3.8, 4) is 0 Å². The van der Waals surface area contributed by atoms with Crippen LogP contribution in [0.3, 0.4) is 0 Å². The first kappa shape index (κ1) is 9.62. The Kier molecular flexibility index (Phi) is 2.52. The number of hydrogen-bond acceptors (Lipinski definition) is 2. The fourth-order valence-electron chi connectivity index (χ4n) is 1.95. The van der Waals surface area contributed by atoms with Crippen LogP contribution >= 0.6 is 0 Å². The van der Waals surface area contributed by atoms with E-state index in [9.17, 15) is 4.39 Å². The molecule has 0 saturated carbocycles. The predicted molar refractivity (Wildman–Crippen MR) is 52.7 cm³/mol. The molecule has 1 heterocycles. The van der Waals surface area contributed by atoms with Crippen LogP contribution < -0.4 is 5.32 Å². The highest BCUT2D eigenvalue weighted by molar-refractivity contribution is 5.36. The molecule has 1 aromatic rings. The maximum atomic E-state index is 13.3. The minimum atomic E-state index is -0.189. The van der Waals surface area contributed by atoms with Crippen LogP contribution in [0.5, 0.6) is 0 Å². The summed E-state index contributed by atoms with van der Waals surface area (Å²) in [6.45, 7) is 2.64. The van der Waals surface area contributed by atoms with Gasteiger partial charge in [-0.15, -0.1) is 0 Å². The summed E-state index contributed by atoms with van der Waals surface area (Å²) < 4.78 is 13.3. The third-order valence-electron chi connectivity index (χ3n) is 2.76. The van der Waals surface area contributed by atoms with Gasteiger partial charge in [-0.2, -0.15) is 0 Å². The quantitative estimate of drug-likeness (QED) is 0.708. The average Bonchev–Trinajstić information content (AvgIpc) is 2.19. The highest BCUT2D eigenvalue weighted by Gasteiger charge is 2.19. The Morgan fingerprint density at radius 1 is 1.57 bits per heavy atom. The molecule has 1 aromatic carbocycles. The van der Waals surface area contributed by atoms with Crippen molar-refractivity contribution in [3.63, 3.8) is 0 Å². The van der Waals surface area contributed by atoms with Gasteiger partial charge in [-0.25, -0.2) is 4.39 Å². The van der Waals surface area contributed by atoms with Crippen molar-refractivity contribution < 1.29 is 9.50 Å². The van der Waals surface area contributed by atoms with Gasteiger partial charge in [0.25, 0.3) is 0 Å². The highest BCUT2D eigenvalue weighted by atomic mass is 19.1. The van der Waals surface area contributed by atoms with E-state index < -0.39 is 0 Å². The van der Waals surface area contributed by atoms with Crippen LogP contribution in [0.25, 0.3) is 0 Å². The normalized spacial score (nSPS) is 20.6. The van der Waals surface area contributed by atoms with Gasteiger partial charge in [-0.05, 0) is 42.6 Å². The number of hydrogen-bond donors (Lipinski definition) is 2. The Morgan fingerprint density at radius 2 is 2.36 bits per heavy atom. The van der Waals surface area contributed by atoms with Crippen LogP contribution in [0.1, 0.15) is 22.7 Å². The first-order chi connectivity index (χ1) is 6.72. The molecular weight excluding hydrogens is 181 g/mol. The van der Waals surface area contributed by atoms with Gasteiger partial charge in [0.05, 0.1) is 12.6 Å². The number of benzene rings is 1. The van der Waals surface area contributed by atoms with E-state index in [1.807, 2.05) is 6.07 Å². The van der Waals surface area contributed by atoms with Crippen LogP contribution in [0, 0.1) is 12.7 Å². The predicted octanol–water partition coefficient (Wildman–Crippen LogP) is 1.31. The molecule has 2 rings (SSSR count). The molecular formula is C11H14FNO. The number of fused-ring (bicyclic) bond motifs is 1. The molecule has 0 radical (unpaired) electrons. The summed E-state index contributed by atoms with van der Waals surface area (Å²) in [5.41, 5.74) is 2.74. The molecule has 1 unspecified atom stereocenters. The molecule has 0 saturated heterocycles. The van der Waals surface area contributed by atoms with Gasteiger partial charge in [-0.1, -0.05) is 6.07 Å². The second kappa shape index (κ2) is 3.67. The number of halogens is 1. The standard InChI is InChI=1S/C11H14FNO/c1-7-4-8-2-3-13-11(6-14)9(8)5-10(7)12/h4-5,11,13-14H,2-3,6H2,1H3. The lowest BCUT2D eigenvalue weighted by molar-refractivity contribution is 0.240. The molecule has 0 aliphatic carbocycles. The Labute approximate surface area is 82.8 Å². The lowest BCUT2D eigenvalue weighted by Crippen LogP contribution is -2.32. The Balaban J connectivity index is 2.47. The van der Waals surface area contributed by atoms with Gasteiger partial charge in [-0.3, -0.25) is 0 Å². The smallest absolute Gasteiger partial charge is 0.126 e. The van der Waals surface area contributed by atoms with E-state index in [4.69, 9.17) is 5.11 Å². The van der Waals surface area contributed by atoms with E-state index in [-0.39, 0.29) is 18.5 Å². The van der Waals surface area contributed by atoms with Crippen molar-refractivity contribution in [1.29, 1.82) is 0 Å². The molecule has 0 aromatic heterocycles. The molecule has 76 valence electrons. The van der Waals surface area contributed by atoms with Crippen LogP contribution in [0.15, 0.2) is 12.1 Å². The summed E-state index contributed by atoms with van der Waals surface area (Å²) in [4.78, 5) is 0. The SMILES string of the molecule is Cc1cc2c(cc1F)C(CO)NCC2. The number of aryl methyl sites for hydroxylation is 1.